The maximum absolute atomic E-state index is 11.9. The monoisotopic (exact) mass is 260 g/mol. The molecule has 1 aromatic heterocycles. The van der Waals surface area contributed by atoms with Crippen molar-refractivity contribution in [2.75, 3.05) is 5.32 Å². The number of nitrogens with zero attached hydrogens (tertiary/aromatic N) is 1. The van der Waals surface area contributed by atoms with Crippen LogP contribution < -0.4 is 5.32 Å². The lowest BCUT2D eigenvalue weighted by molar-refractivity contribution is -0.167. The second kappa shape index (κ2) is 5.30. The third-order valence-corrected chi connectivity index (χ3v) is 1.70. The predicted octanol–water partition coefficient (Wildman–Crippen LogP) is 1.68. The number of carbonyl (C=O) groups excluding carboxylic acids is 1. The molecule has 0 spiro atoms. The van der Waals surface area contributed by atoms with Gasteiger partial charge in [0.05, 0.1) is 0 Å². The fourth-order valence-corrected chi connectivity index (χ4v) is 0.933. The van der Waals surface area contributed by atoms with Gasteiger partial charge in [0.25, 0.3) is 0 Å². The number of halogens is 3. The molecule has 0 unspecified atom stereocenters. The SMILES string of the molecule is O=C(O)/C=C/c1ccc(NC(=O)C(F)(F)F)nc1. The highest BCUT2D eigenvalue weighted by Gasteiger charge is 2.38. The number of aliphatic carboxylic acids is 1. The van der Waals surface area contributed by atoms with E-state index < -0.39 is 18.1 Å². The highest BCUT2D eigenvalue weighted by Crippen LogP contribution is 2.17. The van der Waals surface area contributed by atoms with Crippen LogP contribution in [0.3, 0.4) is 0 Å². The minimum absolute atomic E-state index is 0.273. The van der Waals surface area contributed by atoms with Crippen LogP contribution in [0.25, 0.3) is 6.08 Å². The van der Waals surface area contributed by atoms with Crippen LogP contribution in [-0.2, 0) is 9.59 Å². The molecule has 0 aliphatic heterocycles. The van der Waals surface area contributed by atoms with Crippen LogP contribution >= 0.6 is 0 Å². The molecule has 18 heavy (non-hydrogen) atoms. The van der Waals surface area contributed by atoms with Crippen molar-refractivity contribution in [3.63, 3.8) is 0 Å². The molecule has 1 amide bonds. The normalized spacial score (nSPS) is 11.5. The van der Waals surface area contributed by atoms with Crippen LogP contribution in [0, 0.1) is 0 Å². The van der Waals surface area contributed by atoms with E-state index in [1.54, 1.807) is 5.32 Å². The minimum Gasteiger partial charge on any atom is -0.478 e. The highest BCUT2D eigenvalue weighted by molar-refractivity contribution is 5.94. The lowest BCUT2D eigenvalue weighted by Crippen LogP contribution is -2.30. The third kappa shape index (κ3) is 4.24. The van der Waals surface area contributed by atoms with Crippen molar-refractivity contribution in [3.8, 4) is 0 Å². The molecule has 8 heteroatoms. The fourth-order valence-electron chi connectivity index (χ4n) is 0.933. The van der Waals surface area contributed by atoms with E-state index in [-0.39, 0.29) is 5.82 Å². The van der Waals surface area contributed by atoms with E-state index in [0.29, 0.717) is 5.56 Å². The Morgan fingerprint density at radius 1 is 1.33 bits per heavy atom. The lowest BCUT2D eigenvalue weighted by atomic mass is 10.2. The van der Waals surface area contributed by atoms with Gasteiger partial charge in [-0.05, 0) is 23.8 Å². The molecule has 5 nitrogen and oxygen atoms in total. The molecule has 0 aromatic carbocycles. The van der Waals surface area contributed by atoms with Crippen LogP contribution in [-0.4, -0.2) is 28.1 Å². The van der Waals surface area contributed by atoms with E-state index in [1.807, 2.05) is 0 Å². The van der Waals surface area contributed by atoms with Crippen molar-refractivity contribution in [2.45, 2.75) is 6.18 Å². The first-order valence-electron chi connectivity index (χ1n) is 4.54. The molecule has 2 N–H and O–H groups in total. The summed E-state index contributed by atoms with van der Waals surface area (Å²) in [6.45, 7) is 0. The predicted molar refractivity (Wildman–Crippen MR) is 55.6 cm³/mol. The Labute approximate surface area is 98.9 Å². The molecule has 1 heterocycles. The Morgan fingerprint density at radius 3 is 2.44 bits per heavy atom. The molecule has 0 aliphatic carbocycles. The quantitative estimate of drug-likeness (QED) is 0.810. The Hall–Kier alpha value is -2.38. The third-order valence-electron chi connectivity index (χ3n) is 1.70. The molecular weight excluding hydrogens is 253 g/mol. The van der Waals surface area contributed by atoms with Gasteiger partial charge in [-0.15, -0.1) is 0 Å². The Balaban J connectivity index is 2.72. The van der Waals surface area contributed by atoms with Gasteiger partial charge in [0, 0.05) is 12.3 Å². The number of carbonyl (C=O) groups is 2. The summed E-state index contributed by atoms with van der Waals surface area (Å²) in [6.07, 6.45) is -1.79. The van der Waals surface area contributed by atoms with E-state index >= 15 is 0 Å². The van der Waals surface area contributed by atoms with Crippen molar-refractivity contribution >= 4 is 23.8 Å². The lowest BCUT2D eigenvalue weighted by Gasteiger charge is -2.06. The zero-order valence-electron chi connectivity index (χ0n) is 8.73. The summed E-state index contributed by atoms with van der Waals surface area (Å²) in [5.74, 6) is -3.56. The van der Waals surface area contributed by atoms with E-state index in [4.69, 9.17) is 5.11 Å². The first-order valence-corrected chi connectivity index (χ1v) is 4.54. The molecule has 1 rings (SSSR count). The van der Waals surface area contributed by atoms with E-state index in [9.17, 15) is 22.8 Å². The average Bonchev–Trinajstić information content (AvgIpc) is 2.26. The summed E-state index contributed by atoms with van der Waals surface area (Å²) in [5.41, 5.74) is 0.377. The van der Waals surface area contributed by atoms with Gasteiger partial charge in [-0.1, -0.05) is 0 Å². The van der Waals surface area contributed by atoms with Gasteiger partial charge >= 0.3 is 18.1 Å². The molecule has 0 atom stereocenters. The van der Waals surface area contributed by atoms with Crippen LogP contribution in [0.2, 0.25) is 0 Å². The standard InChI is InChI=1S/C10H7F3N2O3/c11-10(12,13)9(18)15-7-3-1-6(5-14-7)2-4-8(16)17/h1-5H,(H,16,17)(H,14,15,18)/b4-2+. The van der Waals surface area contributed by atoms with Gasteiger partial charge in [-0.3, -0.25) is 4.79 Å². The van der Waals surface area contributed by atoms with E-state index in [0.717, 1.165) is 18.3 Å². The molecule has 0 bridgehead atoms. The summed E-state index contributed by atoms with van der Waals surface area (Å²) in [7, 11) is 0. The maximum Gasteiger partial charge on any atom is 0.471 e. The zero-order chi connectivity index (χ0) is 13.8. The van der Waals surface area contributed by atoms with Crippen LogP contribution in [0.15, 0.2) is 24.4 Å². The molecule has 0 fully saturated rings. The summed E-state index contributed by atoms with van der Waals surface area (Å²) in [6, 6.07) is 2.45. The van der Waals surface area contributed by atoms with Crippen molar-refractivity contribution in [1.29, 1.82) is 0 Å². The van der Waals surface area contributed by atoms with Crippen molar-refractivity contribution < 1.29 is 27.9 Å². The van der Waals surface area contributed by atoms with E-state index in [1.165, 1.54) is 12.1 Å². The minimum atomic E-state index is -4.98. The van der Waals surface area contributed by atoms with Gasteiger partial charge in [0.15, 0.2) is 0 Å². The number of amides is 1. The van der Waals surface area contributed by atoms with Crippen molar-refractivity contribution in [2.24, 2.45) is 0 Å². The first kappa shape index (κ1) is 13.7. The number of rotatable bonds is 3. The number of carboxylic acids is 1. The molecule has 0 aliphatic rings. The number of pyridine rings is 1. The highest BCUT2D eigenvalue weighted by atomic mass is 19.4. The number of hydrogen-bond donors (Lipinski definition) is 2. The summed E-state index contributed by atoms with van der Waals surface area (Å²) in [5, 5.41) is 9.91. The Bertz CT molecular complexity index is 480. The van der Waals surface area contributed by atoms with Gasteiger partial charge in [0.1, 0.15) is 5.82 Å². The first-order chi connectivity index (χ1) is 8.29. The largest absolute Gasteiger partial charge is 0.478 e. The van der Waals surface area contributed by atoms with E-state index in [2.05, 4.69) is 4.98 Å². The molecule has 0 saturated carbocycles. The fraction of sp³-hybridized carbons (Fsp3) is 0.100. The molecule has 96 valence electrons. The summed E-state index contributed by atoms with van der Waals surface area (Å²) in [4.78, 5) is 24.3. The zero-order valence-corrected chi connectivity index (χ0v) is 8.73. The van der Waals surface area contributed by atoms with Crippen LogP contribution in [0.5, 0.6) is 0 Å². The maximum atomic E-state index is 11.9. The van der Waals surface area contributed by atoms with Gasteiger partial charge in [-0.25, -0.2) is 9.78 Å². The van der Waals surface area contributed by atoms with Crippen molar-refractivity contribution in [1.82, 2.24) is 4.98 Å². The topological polar surface area (TPSA) is 79.3 Å². The number of carboxylic acid groups (broad SMARTS) is 1. The molecule has 0 radical (unpaired) electrons. The van der Waals surface area contributed by atoms with Crippen LogP contribution in [0.1, 0.15) is 5.56 Å². The number of hydrogen-bond acceptors (Lipinski definition) is 3. The average molecular weight is 260 g/mol. The summed E-state index contributed by atoms with van der Waals surface area (Å²) < 4.78 is 35.7. The second-order valence-electron chi connectivity index (χ2n) is 3.10. The Kier molecular flexibility index (Phi) is 4.03. The number of aromatic nitrogens is 1. The Morgan fingerprint density at radius 2 is 2.00 bits per heavy atom. The second-order valence-corrected chi connectivity index (χ2v) is 3.10. The smallest absolute Gasteiger partial charge is 0.471 e. The van der Waals surface area contributed by atoms with Gasteiger partial charge in [0.2, 0.25) is 0 Å². The van der Waals surface area contributed by atoms with Crippen LogP contribution in [0.4, 0.5) is 19.0 Å². The molecule has 1 aromatic rings. The molecule has 0 saturated heterocycles. The van der Waals surface area contributed by atoms with Gasteiger partial charge < -0.3 is 10.4 Å². The van der Waals surface area contributed by atoms with Gasteiger partial charge in [-0.2, -0.15) is 13.2 Å². The van der Waals surface area contributed by atoms with Crippen molar-refractivity contribution in [3.05, 3.63) is 30.0 Å². The summed E-state index contributed by atoms with van der Waals surface area (Å²) >= 11 is 0. The number of nitrogens with one attached hydrogen (secondary N) is 1. The number of alkyl halides is 3. The molecular formula is C10H7F3N2O3. The number of anilines is 1.